The number of rotatable bonds is 5. The minimum atomic E-state index is -0.210. The van der Waals surface area contributed by atoms with Gasteiger partial charge in [0, 0.05) is 38.9 Å². The number of likely N-dealkylation sites (N-methyl/N-ethyl adjacent to an activating group) is 1. The number of nitriles is 1. The molecule has 2 N–H and O–H groups in total. The van der Waals surface area contributed by atoms with E-state index in [9.17, 15) is 15.2 Å². The number of carbonyl (C=O) groups is 1. The molecular weight excluding hydrogens is 292 g/mol. The summed E-state index contributed by atoms with van der Waals surface area (Å²) in [5.74, 6) is 0.0314. The zero-order valence-corrected chi connectivity index (χ0v) is 13.3. The molecule has 1 fully saturated rings. The molecule has 0 unspecified atom stereocenters. The van der Waals surface area contributed by atoms with Crippen LogP contribution in [-0.4, -0.2) is 60.6 Å². The number of phenolic OH excluding ortho intramolecular Hbond substituents is 1. The maximum atomic E-state index is 12.3. The van der Waals surface area contributed by atoms with Gasteiger partial charge in [-0.3, -0.25) is 4.79 Å². The second-order valence-electron chi connectivity index (χ2n) is 5.64. The summed E-state index contributed by atoms with van der Waals surface area (Å²) in [5, 5.41) is 21.4. The van der Waals surface area contributed by atoms with Gasteiger partial charge in [0.15, 0.2) is 0 Å². The number of nitrogens with one attached hydrogen (secondary N) is 1. The van der Waals surface area contributed by atoms with Crippen LogP contribution in [0.5, 0.6) is 5.75 Å². The molecule has 1 aliphatic rings. The maximum absolute atomic E-state index is 12.3. The van der Waals surface area contributed by atoms with E-state index in [0.29, 0.717) is 19.6 Å². The number of phenols is 1. The number of carbonyl (C=O) groups excluding carboxylic acids is 1. The van der Waals surface area contributed by atoms with Crippen LogP contribution in [0.2, 0.25) is 0 Å². The van der Waals surface area contributed by atoms with Gasteiger partial charge in [0.05, 0.1) is 0 Å². The Kier molecular flexibility index (Phi) is 6.01. The Morgan fingerprint density at radius 1 is 1.30 bits per heavy atom. The molecule has 1 aliphatic heterocycles. The lowest BCUT2D eigenvalue weighted by molar-refractivity contribution is -0.128. The van der Waals surface area contributed by atoms with Crippen molar-refractivity contribution < 1.29 is 9.90 Å². The number of amides is 1. The summed E-state index contributed by atoms with van der Waals surface area (Å²) in [4.78, 5) is 16.2. The zero-order chi connectivity index (χ0) is 16.7. The van der Waals surface area contributed by atoms with E-state index >= 15 is 0 Å². The van der Waals surface area contributed by atoms with E-state index in [0.717, 1.165) is 25.1 Å². The Bertz CT molecular complexity index is 596. The third kappa shape index (κ3) is 5.01. The minimum Gasteiger partial charge on any atom is -0.508 e. The van der Waals surface area contributed by atoms with E-state index in [4.69, 9.17) is 0 Å². The van der Waals surface area contributed by atoms with Gasteiger partial charge in [-0.1, -0.05) is 12.1 Å². The lowest BCUT2D eigenvalue weighted by Gasteiger charge is -2.32. The molecule has 0 aliphatic carbocycles. The van der Waals surface area contributed by atoms with Crippen molar-refractivity contribution in [3.8, 4) is 11.8 Å². The fourth-order valence-corrected chi connectivity index (χ4v) is 2.38. The highest BCUT2D eigenvalue weighted by Crippen LogP contribution is 2.09. The predicted octanol–water partition coefficient (Wildman–Crippen LogP) is 0.706. The van der Waals surface area contributed by atoms with Gasteiger partial charge in [-0.25, -0.2) is 0 Å². The first-order valence-corrected chi connectivity index (χ1v) is 7.69. The van der Waals surface area contributed by atoms with Gasteiger partial charge < -0.3 is 20.2 Å². The molecule has 6 nitrogen and oxygen atoms in total. The molecule has 23 heavy (non-hydrogen) atoms. The Balaban J connectivity index is 1.83. The molecule has 0 atom stereocenters. The fourth-order valence-electron chi connectivity index (χ4n) is 2.38. The molecule has 2 rings (SSSR count). The summed E-state index contributed by atoms with van der Waals surface area (Å²) in [5.41, 5.74) is 1.22. The van der Waals surface area contributed by atoms with Crippen molar-refractivity contribution in [3.05, 3.63) is 41.6 Å². The maximum Gasteiger partial charge on any atom is 0.266 e. The average Bonchev–Trinajstić information content (AvgIpc) is 2.57. The van der Waals surface area contributed by atoms with Crippen LogP contribution in [0.3, 0.4) is 0 Å². The van der Waals surface area contributed by atoms with Crippen molar-refractivity contribution in [2.45, 2.75) is 6.42 Å². The van der Waals surface area contributed by atoms with Crippen LogP contribution >= 0.6 is 0 Å². The summed E-state index contributed by atoms with van der Waals surface area (Å²) >= 11 is 0. The van der Waals surface area contributed by atoms with E-state index < -0.39 is 0 Å². The van der Waals surface area contributed by atoms with Crippen molar-refractivity contribution in [1.29, 1.82) is 5.26 Å². The van der Waals surface area contributed by atoms with Crippen LogP contribution in [0.4, 0.5) is 0 Å². The van der Waals surface area contributed by atoms with Crippen molar-refractivity contribution in [2.75, 3.05) is 39.8 Å². The monoisotopic (exact) mass is 314 g/mol. The van der Waals surface area contributed by atoms with Crippen molar-refractivity contribution in [1.82, 2.24) is 15.1 Å². The van der Waals surface area contributed by atoms with E-state index in [2.05, 4.69) is 10.2 Å². The van der Waals surface area contributed by atoms with E-state index in [1.165, 1.54) is 6.20 Å². The third-order valence-corrected chi connectivity index (χ3v) is 3.88. The Labute approximate surface area is 136 Å². The highest BCUT2D eigenvalue weighted by Gasteiger charge is 2.21. The highest BCUT2D eigenvalue weighted by molar-refractivity contribution is 5.97. The molecule has 122 valence electrons. The van der Waals surface area contributed by atoms with E-state index in [-0.39, 0.29) is 17.2 Å². The van der Waals surface area contributed by atoms with Crippen LogP contribution < -0.4 is 5.32 Å². The predicted molar refractivity (Wildman–Crippen MR) is 87.6 cm³/mol. The van der Waals surface area contributed by atoms with Crippen LogP contribution in [0, 0.1) is 11.3 Å². The summed E-state index contributed by atoms with van der Waals surface area (Å²) in [7, 11) is 2.02. The highest BCUT2D eigenvalue weighted by atomic mass is 16.3. The van der Waals surface area contributed by atoms with Crippen molar-refractivity contribution >= 4 is 5.91 Å². The van der Waals surface area contributed by atoms with Gasteiger partial charge in [-0.15, -0.1) is 0 Å². The summed E-state index contributed by atoms with van der Waals surface area (Å²) in [6.45, 7) is 3.59. The lowest BCUT2D eigenvalue weighted by atomic mass is 10.1. The van der Waals surface area contributed by atoms with Gasteiger partial charge in [-0.05, 0) is 31.2 Å². The third-order valence-electron chi connectivity index (χ3n) is 3.88. The first kappa shape index (κ1) is 16.8. The van der Waals surface area contributed by atoms with Crippen LogP contribution in [-0.2, 0) is 11.2 Å². The number of benzene rings is 1. The molecule has 0 bridgehead atoms. The Morgan fingerprint density at radius 2 is 1.96 bits per heavy atom. The quantitative estimate of drug-likeness (QED) is 0.475. The molecule has 0 radical (unpaired) electrons. The van der Waals surface area contributed by atoms with Gasteiger partial charge in [-0.2, -0.15) is 5.26 Å². The molecular formula is C17H22N4O2. The Morgan fingerprint density at radius 3 is 2.57 bits per heavy atom. The van der Waals surface area contributed by atoms with Gasteiger partial charge in [0.25, 0.3) is 5.91 Å². The van der Waals surface area contributed by atoms with Crippen LogP contribution in [0.15, 0.2) is 36.0 Å². The molecule has 0 saturated carbocycles. The standard InChI is InChI=1S/C17H22N4O2/c1-20-8-10-21(11-9-20)17(23)15(12-18)13-19-7-6-14-2-4-16(22)5-3-14/h2-5,13,19,22H,6-11H2,1H3/b15-13-. The number of nitrogens with zero attached hydrogens (tertiary/aromatic N) is 3. The molecule has 1 amide bonds. The van der Waals surface area contributed by atoms with E-state index in [1.54, 1.807) is 17.0 Å². The van der Waals surface area contributed by atoms with Gasteiger partial charge in [0.2, 0.25) is 0 Å². The molecule has 6 heteroatoms. The van der Waals surface area contributed by atoms with Gasteiger partial charge in [0.1, 0.15) is 17.4 Å². The van der Waals surface area contributed by atoms with Crippen LogP contribution in [0.1, 0.15) is 5.56 Å². The summed E-state index contributed by atoms with van der Waals surface area (Å²) in [6, 6.07) is 8.96. The average molecular weight is 314 g/mol. The molecule has 1 saturated heterocycles. The summed E-state index contributed by atoms with van der Waals surface area (Å²) < 4.78 is 0. The van der Waals surface area contributed by atoms with Crippen LogP contribution in [0.25, 0.3) is 0 Å². The summed E-state index contributed by atoms with van der Waals surface area (Å²) in [6.07, 6.45) is 2.25. The number of aromatic hydroxyl groups is 1. The lowest BCUT2D eigenvalue weighted by Crippen LogP contribution is -2.47. The zero-order valence-electron chi connectivity index (χ0n) is 13.3. The molecule has 1 heterocycles. The second-order valence-corrected chi connectivity index (χ2v) is 5.64. The number of piperazine rings is 1. The topological polar surface area (TPSA) is 79.6 Å². The second kappa shape index (κ2) is 8.20. The minimum absolute atomic E-state index is 0.139. The van der Waals surface area contributed by atoms with Crippen molar-refractivity contribution in [3.63, 3.8) is 0 Å². The SMILES string of the molecule is CN1CCN(C(=O)/C(C#N)=C\NCCc2ccc(O)cc2)CC1. The molecule has 1 aromatic carbocycles. The Hall–Kier alpha value is -2.52. The van der Waals surface area contributed by atoms with E-state index in [1.807, 2.05) is 25.2 Å². The first-order chi connectivity index (χ1) is 11.1. The first-order valence-electron chi connectivity index (χ1n) is 7.69. The fraction of sp³-hybridized carbons (Fsp3) is 0.412. The molecule has 0 aromatic heterocycles. The van der Waals surface area contributed by atoms with Gasteiger partial charge >= 0.3 is 0 Å². The number of hydrogen-bond acceptors (Lipinski definition) is 5. The smallest absolute Gasteiger partial charge is 0.266 e. The molecule has 1 aromatic rings. The number of hydrogen-bond donors (Lipinski definition) is 2. The normalized spacial score (nSPS) is 16.0. The molecule has 0 spiro atoms. The van der Waals surface area contributed by atoms with Crippen molar-refractivity contribution in [2.24, 2.45) is 0 Å². The largest absolute Gasteiger partial charge is 0.508 e.